The molecule has 0 aliphatic carbocycles. The van der Waals surface area contributed by atoms with Crippen LogP contribution in [0.5, 0.6) is 0 Å². The first-order valence-corrected chi connectivity index (χ1v) is 10.3. The van der Waals surface area contributed by atoms with Gasteiger partial charge in [-0.25, -0.2) is 8.78 Å². The molecule has 0 amide bonds. The van der Waals surface area contributed by atoms with Crippen LogP contribution in [0.3, 0.4) is 0 Å². The number of anilines is 4. The van der Waals surface area contributed by atoms with Crippen molar-refractivity contribution >= 4 is 34.9 Å². The summed E-state index contributed by atoms with van der Waals surface area (Å²) >= 11 is 6.28. The monoisotopic (exact) mass is 422 g/mol. The number of alkyl halides is 2. The molecule has 2 N–H and O–H groups in total. The average molecular weight is 423 g/mol. The summed E-state index contributed by atoms with van der Waals surface area (Å²) in [7, 11) is 1.76. The second-order valence-corrected chi connectivity index (χ2v) is 7.89. The quantitative estimate of drug-likeness (QED) is 0.726. The van der Waals surface area contributed by atoms with Crippen LogP contribution in [0.4, 0.5) is 32.1 Å². The third-order valence-corrected chi connectivity index (χ3v) is 5.76. The molecule has 9 heteroatoms. The summed E-state index contributed by atoms with van der Waals surface area (Å²) in [6, 6.07) is 7.59. The summed E-state index contributed by atoms with van der Waals surface area (Å²) < 4.78 is 27.8. The molecule has 0 spiro atoms. The minimum absolute atomic E-state index is 0.165. The van der Waals surface area contributed by atoms with Gasteiger partial charge in [0.25, 0.3) is 5.92 Å². The zero-order valence-electron chi connectivity index (χ0n) is 16.4. The van der Waals surface area contributed by atoms with Crippen LogP contribution in [-0.4, -0.2) is 49.1 Å². The predicted molar refractivity (Wildman–Crippen MR) is 114 cm³/mol. The molecule has 0 bridgehead atoms. The van der Waals surface area contributed by atoms with Gasteiger partial charge in [-0.15, -0.1) is 0 Å². The number of benzene rings is 1. The van der Waals surface area contributed by atoms with Crippen molar-refractivity contribution in [2.75, 3.05) is 53.7 Å². The zero-order chi connectivity index (χ0) is 20.4. The minimum atomic E-state index is -2.70. The van der Waals surface area contributed by atoms with Crippen molar-refractivity contribution in [3.8, 4) is 0 Å². The van der Waals surface area contributed by atoms with Gasteiger partial charge < -0.3 is 20.4 Å². The maximum absolute atomic E-state index is 13.9. The van der Waals surface area contributed by atoms with Gasteiger partial charge in [-0.3, -0.25) is 0 Å². The van der Waals surface area contributed by atoms with Gasteiger partial charge in [0, 0.05) is 44.7 Å². The van der Waals surface area contributed by atoms with Gasteiger partial charge in [0.2, 0.25) is 5.95 Å². The molecule has 3 heterocycles. The van der Waals surface area contributed by atoms with E-state index in [2.05, 4.69) is 20.5 Å². The van der Waals surface area contributed by atoms with Crippen molar-refractivity contribution in [1.29, 1.82) is 0 Å². The molecule has 0 unspecified atom stereocenters. The van der Waals surface area contributed by atoms with Crippen LogP contribution in [0.25, 0.3) is 0 Å². The first-order chi connectivity index (χ1) is 14.0. The molecule has 6 nitrogen and oxygen atoms in total. The van der Waals surface area contributed by atoms with Gasteiger partial charge in [0.05, 0.1) is 6.54 Å². The van der Waals surface area contributed by atoms with Gasteiger partial charge in [0.15, 0.2) is 11.6 Å². The zero-order valence-corrected chi connectivity index (χ0v) is 17.1. The lowest BCUT2D eigenvalue weighted by atomic mass is 10.2. The molecule has 0 radical (unpaired) electrons. The Bertz CT molecular complexity index is 872. The van der Waals surface area contributed by atoms with Crippen LogP contribution in [0.1, 0.15) is 24.8 Å². The van der Waals surface area contributed by atoms with Crippen LogP contribution < -0.4 is 20.4 Å². The standard InChI is InChI=1S/C20H25ClF2N6/c1-24-16-17(25-12-14-6-2-3-7-15(14)21)26-19(28-9-4-5-10-28)27-18(16)29-11-8-20(22,23)13-29/h2-3,6-7,24H,4-5,8-13H2,1H3,(H,25,26,27). The van der Waals surface area contributed by atoms with E-state index in [1.54, 1.807) is 11.9 Å². The van der Waals surface area contributed by atoms with Crippen LogP contribution in [0.15, 0.2) is 24.3 Å². The highest BCUT2D eigenvalue weighted by Gasteiger charge is 2.40. The molecule has 156 valence electrons. The fraction of sp³-hybridized carbons (Fsp3) is 0.500. The van der Waals surface area contributed by atoms with E-state index >= 15 is 0 Å². The van der Waals surface area contributed by atoms with E-state index in [-0.39, 0.29) is 19.5 Å². The van der Waals surface area contributed by atoms with Gasteiger partial charge >= 0.3 is 0 Å². The van der Waals surface area contributed by atoms with E-state index < -0.39 is 5.92 Å². The van der Waals surface area contributed by atoms with E-state index in [1.165, 1.54) is 0 Å². The number of aromatic nitrogens is 2. The molecule has 0 saturated carbocycles. The SMILES string of the molecule is CNc1c(NCc2ccccc2Cl)nc(N2CCCC2)nc1N1CCC(F)(F)C1. The van der Waals surface area contributed by atoms with E-state index in [0.717, 1.165) is 31.5 Å². The van der Waals surface area contributed by atoms with E-state index in [9.17, 15) is 8.78 Å². The summed E-state index contributed by atoms with van der Waals surface area (Å²) in [5.74, 6) is -1.01. The molecule has 2 fully saturated rings. The summed E-state index contributed by atoms with van der Waals surface area (Å²) in [6.07, 6.45) is 1.99. The second kappa shape index (κ2) is 8.18. The summed E-state index contributed by atoms with van der Waals surface area (Å²) in [5.41, 5.74) is 1.56. The van der Waals surface area contributed by atoms with E-state index in [4.69, 9.17) is 16.6 Å². The van der Waals surface area contributed by atoms with E-state index in [1.807, 2.05) is 24.3 Å². The van der Waals surface area contributed by atoms with Crippen molar-refractivity contribution in [2.24, 2.45) is 0 Å². The number of rotatable bonds is 6. The summed E-state index contributed by atoms with van der Waals surface area (Å²) in [5, 5.41) is 7.11. The maximum atomic E-state index is 13.9. The Labute approximate surface area is 174 Å². The maximum Gasteiger partial charge on any atom is 0.266 e. The Balaban J connectivity index is 1.69. The van der Waals surface area contributed by atoms with Crippen LogP contribution in [-0.2, 0) is 6.54 Å². The molecule has 1 aromatic heterocycles. The molecule has 2 saturated heterocycles. The third-order valence-electron chi connectivity index (χ3n) is 5.39. The fourth-order valence-electron chi connectivity index (χ4n) is 3.82. The Morgan fingerprint density at radius 1 is 1.10 bits per heavy atom. The van der Waals surface area contributed by atoms with Gasteiger partial charge in [-0.2, -0.15) is 9.97 Å². The topological polar surface area (TPSA) is 56.3 Å². The number of hydrogen-bond donors (Lipinski definition) is 2. The van der Waals surface area contributed by atoms with Crippen molar-refractivity contribution in [3.05, 3.63) is 34.9 Å². The fourth-order valence-corrected chi connectivity index (χ4v) is 4.02. The van der Waals surface area contributed by atoms with Crippen molar-refractivity contribution in [3.63, 3.8) is 0 Å². The normalized spacial score (nSPS) is 18.3. The molecule has 1 aromatic carbocycles. The number of hydrogen-bond acceptors (Lipinski definition) is 6. The molecule has 0 atom stereocenters. The van der Waals surface area contributed by atoms with Crippen molar-refractivity contribution in [2.45, 2.75) is 31.7 Å². The highest BCUT2D eigenvalue weighted by molar-refractivity contribution is 6.31. The lowest BCUT2D eigenvalue weighted by Crippen LogP contribution is -2.28. The van der Waals surface area contributed by atoms with Crippen molar-refractivity contribution < 1.29 is 8.78 Å². The van der Waals surface area contributed by atoms with Crippen molar-refractivity contribution in [1.82, 2.24) is 9.97 Å². The van der Waals surface area contributed by atoms with Crippen LogP contribution >= 0.6 is 11.6 Å². The summed E-state index contributed by atoms with van der Waals surface area (Å²) in [4.78, 5) is 13.2. The smallest absolute Gasteiger partial charge is 0.266 e. The molecule has 4 rings (SSSR count). The molecule has 2 aromatic rings. The Kier molecular flexibility index (Phi) is 5.63. The minimum Gasteiger partial charge on any atom is -0.382 e. The Morgan fingerprint density at radius 3 is 2.52 bits per heavy atom. The van der Waals surface area contributed by atoms with Crippen LogP contribution in [0.2, 0.25) is 5.02 Å². The number of nitrogens with zero attached hydrogens (tertiary/aromatic N) is 4. The largest absolute Gasteiger partial charge is 0.382 e. The van der Waals surface area contributed by atoms with Gasteiger partial charge in [-0.1, -0.05) is 29.8 Å². The van der Waals surface area contributed by atoms with E-state index in [0.29, 0.717) is 34.8 Å². The highest BCUT2D eigenvalue weighted by atomic mass is 35.5. The Hall–Kier alpha value is -2.35. The molecular formula is C20H25ClF2N6. The van der Waals surface area contributed by atoms with Crippen LogP contribution in [0, 0.1) is 0 Å². The Morgan fingerprint density at radius 2 is 1.86 bits per heavy atom. The lowest BCUT2D eigenvalue weighted by molar-refractivity contribution is 0.0257. The van der Waals surface area contributed by atoms with Gasteiger partial charge in [0.1, 0.15) is 5.69 Å². The first kappa shape index (κ1) is 19.9. The average Bonchev–Trinajstić information content (AvgIpc) is 3.36. The highest BCUT2D eigenvalue weighted by Crippen LogP contribution is 2.38. The first-order valence-electron chi connectivity index (χ1n) is 9.92. The molecule has 2 aliphatic heterocycles. The number of halogens is 3. The lowest BCUT2D eigenvalue weighted by Gasteiger charge is -2.25. The summed E-state index contributed by atoms with van der Waals surface area (Å²) in [6.45, 7) is 2.15. The molecule has 2 aliphatic rings. The predicted octanol–water partition coefficient (Wildman–Crippen LogP) is 4.23. The third kappa shape index (κ3) is 4.32. The van der Waals surface area contributed by atoms with Gasteiger partial charge in [-0.05, 0) is 24.5 Å². The second-order valence-electron chi connectivity index (χ2n) is 7.49. The molecule has 29 heavy (non-hydrogen) atoms. The molecular weight excluding hydrogens is 398 g/mol. The number of nitrogens with one attached hydrogen (secondary N) is 2.